The number of hydrogen-bond acceptors (Lipinski definition) is 4. The van der Waals surface area contributed by atoms with E-state index in [9.17, 15) is 10.2 Å². The summed E-state index contributed by atoms with van der Waals surface area (Å²) in [6.45, 7) is 4.11. The number of thiazole rings is 1. The van der Waals surface area contributed by atoms with Gasteiger partial charge in [0, 0.05) is 38.8 Å². The molecule has 0 saturated heterocycles. The van der Waals surface area contributed by atoms with Crippen molar-refractivity contribution < 1.29 is 31.1 Å². The van der Waals surface area contributed by atoms with Crippen LogP contribution >= 0.6 is 28.4 Å². The van der Waals surface area contributed by atoms with Crippen molar-refractivity contribution in [1.29, 1.82) is 0 Å². The van der Waals surface area contributed by atoms with Gasteiger partial charge in [-0.05, 0) is 71.5 Å². The molecule has 0 amide bonds. The number of rotatable bonds is 6. The summed E-state index contributed by atoms with van der Waals surface area (Å²) in [6.07, 6.45) is 0. The van der Waals surface area contributed by atoms with Crippen LogP contribution in [0.15, 0.2) is 139 Å². The van der Waals surface area contributed by atoms with Crippen molar-refractivity contribution in [3.05, 3.63) is 150 Å². The maximum atomic E-state index is 11.5. The molecule has 236 valence electrons. The first-order valence-electron chi connectivity index (χ1n) is 15.3. The van der Waals surface area contributed by atoms with Crippen LogP contribution < -0.4 is 0 Å². The molecule has 7 aromatic rings. The summed E-state index contributed by atoms with van der Waals surface area (Å²) in [5.41, 5.74) is 11.8. The second kappa shape index (κ2) is 15.5. The number of halogens is 2. The van der Waals surface area contributed by atoms with Gasteiger partial charge in [-0.15, -0.1) is 11.3 Å². The summed E-state index contributed by atoms with van der Waals surface area (Å²) in [5.74, 6) is 0.509. The number of aromatic nitrogens is 1. The molecule has 0 saturated carbocycles. The van der Waals surface area contributed by atoms with Gasteiger partial charge in [0.25, 0.3) is 0 Å². The Morgan fingerprint density at radius 2 is 0.875 bits per heavy atom. The van der Waals surface area contributed by atoms with Gasteiger partial charge in [-0.1, -0.05) is 109 Å². The van der Waals surface area contributed by atoms with E-state index in [-0.39, 0.29) is 11.5 Å². The summed E-state index contributed by atoms with van der Waals surface area (Å²) in [6, 6.07) is 44.3. The summed E-state index contributed by atoms with van der Waals surface area (Å²) in [5, 5.41) is 26.0. The maximum absolute atomic E-state index is 11.5. The molecule has 2 N–H and O–H groups in total. The second-order valence-corrected chi connectivity index (χ2v) is 15.9. The number of benzene rings is 6. The number of nitrogens with zero attached hydrogens (tertiary/aromatic N) is 1. The van der Waals surface area contributed by atoms with E-state index in [1.807, 2.05) is 121 Å². The fourth-order valence-corrected chi connectivity index (χ4v) is 6.87. The topological polar surface area (TPSA) is 53.4 Å². The van der Waals surface area contributed by atoms with E-state index in [1.165, 1.54) is 0 Å². The number of hydrogen-bond donors (Lipinski definition) is 2. The van der Waals surface area contributed by atoms with Gasteiger partial charge >= 0.3 is 37.9 Å². The molecular weight excluding hydrogens is 733 g/mol. The Hall–Kier alpha value is -3.99. The van der Waals surface area contributed by atoms with Crippen LogP contribution in [0.4, 0.5) is 0 Å². The van der Waals surface area contributed by atoms with E-state index in [0.717, 1.165) is 77.5 Å². The van der Waals surface area contributed by atoms with Gasteiger partial charge in [-0.3, -0.25) is 0 Å². The van der Waals surface area contributed by atoms with Crippen LogP contribution in [0.1, 0.15) is 11.1 Å². The molecule has 1 aromatic heterocycles. The quantitative estimate of drug-likeness (QED) is 0.177. The summed E-state index contributed by atoms with van der Waals surface area (Å²) >= 11 is 0.747. The SMILES string of the molecule is Cc1cc(-c2ccccc2)c(O)c(-c2ccccc2-c2csc(-c3ccccc3-c3cc(C)cc(-c4ccccc4)c3O)n2)c1.[Cl][Zr][Cl]. The molecular formula is C41H31Cl2NO2SZr. The first kappa shape index (κ1) is 33.9. The number of aryl methyl sites for hydroxylation is 2. The van der Waals surface area contributed by atoms with E-state index < -0.39 is 20.8 Å². The molecule has 3 nitrogen and oxygen atoms in total. The third-order valence-electron chi connectivity index (χ3n) is 8.12. The van der Waals surface area contributed by atoms with Crippen LogP contribution in [-0.4, -0.2) is 15.2 Å². The predicted octanol–water partition coefficient (Wildman–Crippen LogP) is 12.5. The average Bonchev–Trinajstić information content (AvgIpc) is 3.61. The number of aromatic hydroxyl groups is 2. The van der Waals surface area contributed by atoms with Crippen LogP contribution in [0.5, 0.6) is 11.5 Å². The van der Waals surface area contributed by atoms with Crippen molar-refractivity contribution in [3.8, 4) is 77.8 Å². The summed E-state index contributed by atoms with van der Waals surface area (Å²) in [7, 11) is 9.87. The van der Waals surface area contributed by atoms with Crippen molar-refractivity contribution in [2.24, 2.45) is 0 Å². The Labute approximate surface area is 303 Å². The van der Waals surface area contributed by atoms with Crippen molar-refractivity contribution in [2.45, 2.75) is 13.8 Å². The molecule has 0 aliphatic carbocycles. The molecule has 0 unspecified atom stereocenters. The molecule has 0 spiro atoms. The number of phenols is 2. The molecule has 0 aliphatic rings. The zero-order valence-electron chi connectivity index (χ0n) is 26.3. The normalized spacial score (nSPS) is 10.7. The minimum atomic E-state index is -0.826. The Morgan fingerprint density at radius 1 is 0.500 bits per heavy atom. The predicted molar refractivity (Wildman–Crippen MR) is 199 cm³/mol. The molecule has 1 heterocycles. The first-order chi connectivity index (χ1) is 23.4. The fraction of sp³-hybridized carbons (Fsp3) is 0.0488. The molecule has 6 aromatic carbocycles. The Morgan fingerprint density at radius 3 is 1.35 bits per heavy atom. The summed E-state index contributed by atoms with van der Waals surface area (Å²) < 4.78 is 0. The standard InChI is InChI=1S/C41H31NO2S.2ClH.Zr/c1-26-21-34(28-13-5-3-6-14-28)39(43)36(23-26)30-17-9-11-19-32(30)38-25-45-41(42-38)33-20-12-10-18-31(33)37-24-27(2)22-35(40(37)44)29-15-7-4-8-16-29;;;/h3-25,43-44H,1-2H3;2*1H;/q;;;+2/p-2. The fourth-order valence-electron chi connectivity index (χ4n) is 6.01. The van der Waals surface area contributed by atoms with Crippen molar-refractivity contribution in [2.75, 3.05) is 0 Å². The molecule has 0 radical (unpaired) electrons. The van der Waals surface area contributed by atoms with Gasteiger partial charge in [-0.2, -0.15) is 0 Å². The third kappa shape index (κ3) is 7.21. The van der Waals surface area contributed by atoms with E-state index in [0.29, 0.717) is 0 Å². The zero-order chi connectivity index (χ0) is 33.6. The Balaban J connectivity index is 0.00000129. The third-order valence-corrected chi connectivity index (χ3v) is 9.00. The van der Waals surface area contributed by atoms with Crippen molar-refractivity contribution >= 4 is 28.4 Å². The van der Waals surface area contributed by atoms with Crippen LogP contribution in [0.2, 0.25) is 0 Å². The van der Waals surface area contributed by atoms with E-state index >= 15 is 0 Å². The van der Waals surface area contributed by atoms with E-state index in [4.69, 9.17) is 22.0 Å². The van der Waals surface area contributed by atoms with Crippen LogP contribution in [0.25, 0.3) is 66.3 Å². The van der Waals surface area contributed by atoms with Gasteiger partial charge < -0.3 is 10.2 Å². The molecule has 7 rings (SSSR count). The molecule has 0 atom stereocenters. The van der Waals surface area contributed by atoms with Crippen molar-refractivity contribution in [3.63, 3.8) is 0 Å². The Kier molecular flexibility index (Phi) is 10.9. The van der Waals surface area contributed by atoms with Crippen LogP contribution in [0, 0.1) is 13.8 Å². The monoisotopic (exact) mass is 761 g/mol. The van der Waals surface area contributed by atoms with Crippen LogP contribution in [-0.2, 0) is 20.8 Å². The molecule has 7 heteroatoms. The molecule has 0 aliphatic heterocycles. The van der Waals surface area contributed by atoms with Gasteiger partial charge in [0.1, 0.15) is 16.5 Å². The first-order valence-corrected chi connectivity index (χ1v) is 22.5. The second-order valence-electron chi connectivity index (χ2n) is 11.3. The van der Waals surface area contributed by atoms with Gasteiger partial charge in [0.05, 0.1) is 5.69 Å². The molecule has 48 heavy (non-hydrogen) atoms. The van der Waals surface area contributed by atoms with Gasteiger partial charge in [0.15, 0.2) is 0 Å². The van der Waals surface area contributed by atoms with Gasteiger partial charge in [0.2, 0.25) is 0 Å². The van der Waals surface area contributed by atoms with E-state index in [2.05, 4.69) is 31.4 Å². The van der Waals surface area contributed by atoms with Crippen molar-refractivity contribution in [1.82, 2.24) is 4.98 Å². The van der Waals surface area contributed by atoms with Gasteiger partial charge in [-0.25, -0.2) is 4.98 Å². The van der Waals surface area contributed by atoms with E-state index in [1.54, 1.807) is 11.3 Å². The molecule has 0 bridgehead atoms. The minimum absolute atomic E-state index is 0.254. The Bertz CT molecular complexity index is 2030. The average molecular weight is 764 g/mol. The van der Waals surface area contributed by atoms with Crippen LogP contribution in [0.3, 0.4) is 0 Å². The number of phenolic OH excluding ortho intramolecular Hbond substituents is 2. The summed E-state index contributed by atoms with van der Waals surface area (Å²) in [4.78, 5) is 5.14. The zero-order valence-corrected chi connectivity index (χ0v) is 31.1. The molecule has 0 fully saturated rings.